The van der Waals surface area contributed by atoms with Crippen molar-refractivity contribution in [2.75, 3.05) is 5.32 Å². The van der Waals surface area contributed by atoms with Crippen molar-refractivity contribution in [2.24, 2.45) is 5.73 Å². The SMILES string of the molecule is NC(=O)c1cnc(NC2CCC(N3C(=O)CCC3=O)CC2)c(Cl)c1. The van der Waals surface area contributed by atoms with Gasteiger partial charge >= 0.3 is 0 Å². The van der Waals surface area contributed by atoms with Gasteiger partial charge in [0.05, 0.1) is 10.6 Å². The number of nitrogens with one attached hydrogen (secondary N) is 1. The standard InChI is InChI=1S/C16H19ClN4O3/c17-12-7-9(15(18)24)8-19-16(12)20-10-1-3-11(4-2-10)21-13(22)5-6-14(21)23/h7-8,10-11H,1-6H2,(H2,18,24)(H,19,20). The van der Waals surface area contributed by atoms with Crippen molar-refractivity contribution in [1.82, 2.24) is 9.88 Å². The maximum Gasteiger partial charge on any atom is 0.250 e. The maximum absolute atomic E-state index is 11.8. The van der Waals surface area contributed by atoms with Gasteiger partial charge in [-0.3, -0.25) is 19.3 Å². The van der Waals surface area contributed by atoms with Crippen molar-refractivity contribution >= 4 is 35.1 Å². The van der Waals surface area contributed by atoms with Crippen LogP contribution in [0.4, 0.5) is 5.82 Å². The molecule has 0 spiro atoms. The Morgan fingerprint density at radius 2 is 1.83 bits per heavy atom. The number of likely N-dealkylation sites (tertiary alicyclic amines) is 1. The van der Waals surface area contributed by atoms with Crippen molar-refractivity contribution in [3.05, 3.63) is 22.8 Å². The number of carbonyl (C=O) groups is 3. The molecular weight excluding hydrogens is 332 g/mol. The van der Waals surface area contributed by atoms with Gasteiger partial charge < -0.3 is 11.1 Å². The molecule has 0 aromatic carbocycles. The number of hydrogen-bond donors (Lipinski definition) is 2. The molecule has 0 bridgehead atoms. The number of imide groups is 1. The smallest absolute Gasteiger partial charge is 0.250 e. The summed E-state index contributed by atoms with van der Waals surface area (Å²) in [5.41, 5.74) is 5.46. The molecule has 1 aliphatic carbocycles. The second-order valence-electron chi connectivity index (χ2n) is 6.23. The van der Waals surface area contributed by atoms with Gasteiger partial charge in [0.1, 0.15) is 5.82 Å². The van der Waals surface area contributed by atoms with E-state index in [1.165, 1.54) is 17.2 Å². The van der Waals surface area contributed by atoms with Crippen LogP contribution in [0.2, 0.25) is 5.02 Å². The molecule has 3 rings (SSSR count). The molecule has 0 atom stereocenters. The summed E-state index contributed by atoms with van der Waals surface area (Å²) >= 11 is 6.13. The summed E-state index contributed by atoms with van der Waals surface area (Å²) in [6.07, 6.45) is 5.24. The Bertz CT molecular complexity index is 670. The normalized spacial score (nSPS) is 24.3. The minimum Gasteiger partial charge on any atom is -0.366 e. The molecule has 3 amide bonds. The summed E-state index contributed by atoms with van der Waals surface area (Å²) in [5.74, 6) is -0.166. The predicted octanol–water partition coefficient (Wildman–Crippen LogP) is 1.71. The summed E-state index contributed by atoms with van der Waals surface area (Å²) in [6.45, 7) is 0. The molecule has 8 heteroatoms. The van der Waals surface area contributed by atoms with E-state index < -0.39 is 5.91 Å². The fourth-order valence-electron chi connectivity index (χ4n) is 3.35. The highest BCUT2D eigenvalue weighted by Crippen LogP contribution is 2.30. The maximum atomic E-state index is 11.8. The van der Waals surface area contributed by atoms with E-state index in [4.69, 9.17) is 17.3 Å². The van der Waals surface area contributed by atoms with Crippen LogP contribution in [0, 0.1) is 0 Å². The van der Waals surface area contributed by atoms with Crippen LogP contribution in [0.25, 0.3) is 0 Å². The van der Waals surface area contributed by atoms with Gasteiger partial charge in [0.25, 0.3) is 0 Å². The van der Waals surface area contributed by atoms with E-state index in [9.17, 15) is 14.4 Å². The minimum absolute atomic E-state index is 0.00576. The predicted molar refractivity (Wildman–Crippen MR) is 88.5 cm³/mol. The van der Waals surface area contributed by atoms with Crippen LogP contribution >= 0.6 is 11.6 Å². The second-order valence-corrected chi connectivity index (χ2v) is 6.63. The molecule has 1 saturated heterocycles. The van der Waals surface area contributed by atoms with E-state index >= 15 is 0 Å². The zero-order valence-electron chi connectivity index (χ0n) is 13.1. The summed E-state index contributed by atoms with van der Waals surface area (Å²) in [7, 11) is 0. The van der Waals surface area contributed by atoms with Gasteiger partial charge in [0.2, 0.25) is 17.7 Å². The molecule has 3 N–H and O–H groups in total. The molecule has 128 valence electrons. The Morgan fingerprint density at radius 1 is 1.21 bits per heavy atom. The summed E-state index contributed by atoms with van der Waals surface area (Å²) < 4.78 is 0. The van der Waals surface area contributed by atoms with Crippen molar-refractivity contribution in [2.45, 2.75) is 50.6 Å². The van der Waals surface area contributed by atoms with Crippen molar-refractivity contribution in [3.63, 3.8) is 0 Å². The number of carbonyl (C=O) groups excluding carboxylic acids is 3. The number of anilines is 1. The lowest BCUT2D eigenvalue weighted by molar-refractivity contribution is -0.141. The molecule has 2 aliphatic rings. The number of aromatic nitrogens is 1. The van der Waals surface area contributed by atoms with E-state index in [1.807, 2.05) is 0 Å². The molecule has 2 fully saturated rings. The lowest BCUT2D eigenvalue weighted by atomic mass is 9.90. The van der Waals surface area contributed by atoms with Crippen LogP contribution in [-0.2, 0) is 9.59 Å². The third-order valence-corrected chi connectivity index (χ3v) is 4.91. The quantitative estimate of drug-likeness (QED) is 0.804. The van der Waals surface area contributed by atoms with Gasteiger partial charge in [0, 0.05) is 31.1 Å². The van der Waals surface area contributed by atoms with Crippen LogP contribution < -0.4 is 11.1 Å². The molecule has 0 unspecified atom stereocenters. The minimum atomic E-state index is -0.573. The van der Waals surface area contributed by atoms with Crippen LogP contribution in [-0.4, -0.2) is 39.7 Å². The molecule has 1 saturated carbocycles. The number of halogens is 1. The largest absolute Gasteiger partial charge is 0.366 e. The first-order chi connectivity index (χ1) is 11.5. The van der Waals surface area contributed by atoms with Gasteiger partial charge in [-0.25, -0.2) is 4.98 Å². The lowest BCUT2D eigenvalue weighted by Gasteiger charge is -2.34. The Balaban J connectivity index is 1.59. The monoisotopic (exact) mass is 350 g/mol. The molecule has 1 aliphatic heterocycles. The molecule has 24 heavy (non-hydrogen) atoms. The first-order valence-corrected chi connectivity index (χ1v) is 8.40. The average molecular weight is 351 g/mol. The zero-order chi connectivity index (χ0) is 17.3. The first-order valence-electron chi connectivity index (χ1n) is 8.02. The van der Waals surface area contributed by atoms with E-state index in [0.29, 0.717) is 23.7 Å². The second kappa shape index (κ2) is 6.76. The Labute approximate surface area is 144 Å². The highest BCUT2D eigenvalue weighted by molar-refractivity contribution is 6.33. The summed E-state index contributed by atoms with van der Waals surface area (Å²) in [6, 6.07) is 1.66. The fraction of sp³-hybridized carbons (Fsp3) is 0.500. The molecule has 2 heterocycles. The number of rotatable bonds is 4. The van der Waals surface area contributed by atoms with Crippen LogP contribution in [0.3, 0.4) is 0 Å². The zero-order valence-corrected chi connectivity index (χ0v) is 13.9. The van der Waals surface area contributed by atoms with Crippen molar-refractivity contribution in [3.8, 4) is 0 Å². The number of pyridine rings is 1. The number of primary amides is 1. The molecule has 7 nitrogen and oxygen atoms in total. The number of nitrogens with two attached hydrogens (primary N) is 1. The third kappa shape index (κ3) is 3.36. The average Bonchev–Trinajstić information content (AvgIpc) is 2.89. The third-order valence-electron chi connectivity index (χ3n) is 4.62. The Kier molecular flexibility index (Phi) is 4.71. The van der Waals surface area contributed by atoms with Gasteiger partial charge in [-0.15, -0.1) is 0 Å². The fourth-order valence-corrected chi connectivity index (χ4v) is 3.57. The van der Waals surface area contributed by atoms with Gasteiger partial charge in [-0.1, -0.05) is 11.6 Å². The van der Waals surface area contributed by atoms with E-state index in [2.05, 4.69) is 10.3 Å². The Hall–Kier alpha value is -2.15. The van der Waals surface area contributed by atoms with Gasteiger partial charge in [-0.2, -0.15) is 0 Å². The van der Waals surface area contributed by atoms with Gasteiger partial charge in [-0.05, 0) is 31.7 Å². The van der Waals surface area contributed by atoms with Crippen LogP contribution in [0.5, 0.6) is 0 Å². The van der Waals surface area contributed by atoms with Crippen LogP contribution in [0.1, 0.15) is 48.9 Å². The van der Waals surface area contributed by atoms with E-state index in [0.717, 1.165) is 25.7 Å². The topological polar surface area (TPSA) is 105 Å². The Morgan fingerprint density at radius 3 is 2.38 bits per heavy atom. The highest BCUT2D eigenvalue weighted by Gasteiger charge is 2.36. The van der Waals surface area contributed by atoms with E-state index in [-0.39, 0.29) is 29.5 Å². The summed E-state index contributed by atoms with van der Waals surface area (Å²) in [5, 5.41) is 3.61. The molecular formula is C16H19ClN4O3. The molecule has 1 aromatic heterocycles. The summed E-state index contributed by atoms with van der Waals surface area (Å²) in [4.78, 5) is 40.3. The lowest BCUT2D eigenvalue weighted by Crippen LogP contribution is -2.43. The molecule has 0 radical (unpaired) electrons. The number of amides is 3. The molecule has 1 aromatic rings. The number of hydrogen-bond acceptors (Lipinski definition) is 5. The van der Waals surface area contributed by atoms with E-state index in [1.54, 1.807) is 0 Å². The number of nitrogens with zero attached hydrogens (tertiary/aromatic N) is 2. The van der Waals surface area contributed by atoms with Gasteiger partial charge in [0.15, 0.2) is 0 Å². The highest BCUT2D eigenvalue weighted by atomic mass is 35.5. The van der Waals surface area contributed by atoms with Crippen molar-refractivity contribution in [1.29, 1.82) is 0 Å². The van der Waals surface area contributed by atoms with Crippen LogP contribution in [0.15, 0.2) is 12.3 Å². The van der Waals surface area contributed by atoms with Crippen molar-refractivity contribution < 1.29 is 14.4 Å². The first kappa shape index (κ1) is 16.7.